The first-order valence-corrected chi connectivity index (χ1v) is 7.09. The number of carbonyl (C=O) groups excluding carboxylic acids is 2. The van der Waals surface area contributed by atoms with Gasteiger partial charge in [-0.2, -0.15) is 0 Å². The normalized spacial score (nSPS) is 16.9. The third-order valence-corrected chi connectivity index (χ3v) is 3.36. The van der Waals surface area contributed by atoms with Crippen molar-refractivity contribution < 1.29 is 9.59 Å². The number of halogens is 1. The smallest absolute Gasteiger partial charge is 0.251 e. The molecule has 5 nitrogen and oxygen atoms in total. The fourth-order valence-corrected chi connectivity index (χ4v) is 2.30. The Balaban J connectivity index is 0.00000220. The minimum Gasteiger partial charge on any atom is -0.354 e. The molecule has 2 amide bonds. The minimum absolute atomic E-state index is 0. The van der Waals surface area contributed by atoms with Crippen molar-refractivity contribution in [3.05, 3.63) is 35.9 Å². The number of carbonyl (C=O) groups is 2. The highest BCUT2D eigenvalue weighted by Gasteiger charge is 2.17. The minimum atomic E-state index is -0.114. The molecule has 3 N–H and O–H groups in total. The number of hydrogen-bond acceptors (Lipinski definition) is 3. The molecule has 1 aromatic carbocycles. The largest absolute Gasteiger partial charge is 0.354 e. The van der Waals surface area contributed by atoms with Crippen LogP contribution < -0.4 is 16.0 Å². The Morgan fingerprint density at radius 2 is 1.86 bits per heavy atom. The Kier molecular flexibility index (Phi) is 7.79. The van der Waals surface area contributed by atoms with Gasteiger partial charge in [-0.05, 0) is 31.5 Å². The first-order valence-electron chi connectivity index (χ1n) is 7.09. The Bertz CT molecular complexity index is 447. The summed E-state index contributed by atoms with van der Waals surface area (Å²) in [5.41, 5.74) is 0.633. The fourth-order valence-electron chi connectivity index (χ4n) is 2.30. The molecule has 1 saturated heterocycles. The van der Waals surface area contributed by atoms with Gasteiger partial charge in [0, 0.05) is 31.1 Å². The van der Waals surface area contributed by atoms with E-state index in [1.165, 1.54) is 0 Å². The molecule has 116 valence electrons. The van der Waals surface area contributed by atoms with E-state index in [1.807, 2.05) is 18.2 Å². The maximum atomic E-state index is 11.7. The lowest BCUT2D eigenvalue weighted by molar-refractivity contribution is -0.121. The third-order valence-electron chi connectivity index (χ3n) is 3.36. The summed E-state index contributed by atoms with van der Waals surface area (Å²) in [7, 11) is 0. The molecule has 21 heavy (non-hydrogen) atoms. The van der Waals surface area contributed by atoms with Crippen molar-refractivity contribution in [2.24, 2.45) is 0 Å². The highest BCUT2D eigenvalue weighted by Crippen LogP contribution is 2.07. The molecule has 1 aliphatic rings. The second kappa shape index (κ2) is 9.37. The van der Waals surface area contributed by atoms with E-state index in [0.29, 0.717) is 31.1 Å². The molecule has 1 aromatic rings. The summed E-state index contributed by atoms with van der Waals surface area (Å²) < 4.78 is 0. The average Bonchev–Trinajstić information content (AvgIpc) is 2.97. The van der Waals surface area contributed by atoms with E-state index in [0.717, 1.165) is 19.4 Å². The zero-order valence-electron chi connectivity index (χ0n) is 11.9. The maximum absolute atomic E-state index is 11.7. The second-order valence-electron chi connectivity index (χ2n) is 4.97. The van der Waals surface area contributed by atoms with Crippen LogP contribution in [-0.4, -0.2) is 37.5 Å². The van der Waals surface area contributed by atoms with Crippen LogP contribution >= 0.6 is 12.4 Å². The van der Waals surface area contributed by atoms with Crippen molar-refractivity contribution in [1.82, 2.24) is 16.0 Å². The number of amides is 2. The lowest BCUT2D eigenvalue weighted by Gasteiger charge is -2.10. The average molecular weight is 312 g/mol. The summed E-state index contributed by atoms with van der Waals surface area (Å²) in [6, 6.07) is 9.36. The van der Waals surface area contributed by atoms with E-state index in [9.17, 15) is 9.59 Å². The van der Waals surface area contributed by atoms with Crippen LogP contribution in [0.1, 0.15) is 29.6 Å². The van der Waals surface area contributed by atoms with Crippen LogP contribution in [0.3, 0.4) is 0 Å². The fraction of sp³-hybridized carbons (Fsp3) is 0.467. The van der Waals surface area contributed by atoms with Crippen LogP contribution in [0.4, 0.5) is 0 Å². The lowest BCUT2D eigenvalue weighted by atomic mass is 10.1. The van der Waals surface area contributed by atoms with E-state index in [2.05, 4.69) is 16.0 Å². The Morgan fingerprint density at radius 3 is 2.52 bits per heavy atom. The van der Waals surface area contributed by atoms with Crippen molar-refractivity contribution in [2.75, 3.05) is 19.6 Å². The van der Waals surface area contributed by atoms with Gasteiger partial charge in [0.05, 0.1) is 0 Å². The summed E-state index contributed by atoms with van der Waals surface area (Å²) in [6.07, 6.45) is 2.73. The van der Waals surface area contributed by atoms with Crippen LogP contribution in [0.5, 0.6) is 0 Å². The lowest BCUT2D eigenvalue weighted by Crippen LogP contribution is -2.37. The molecule has 6 heteroatoms. The molecule has 0 spiro atoms. The van der Waals surface area contributed by atoms with Gasteiger partial charge in [-0.3, -0.25) is 9.59 Å². The van der Waals surface area contributed by atoms with Crippen molar-refractivity contribution in [2.45, 2.75) is 25.3 Å². The maximum Gasteiger partial charge on any atom is 0.251 e. The SMILES string of the molecule is Cl.O=C(CC1CCCN1)NCCNC(=O)c1ccccc1. The Morgan fingerprint density at radius 1 is 1.14 bits per heavy atom. The van der Waals surface area contributed by atoms with Crippen molar-refractivity contribution in [3.8, 4) is 0 Å². The number of benzene rings is 1. The first kappa shape index (κ1) is 17.5. The molecular weight excluding hydrogens is 290 g/mol. The molecular formula is C15H22ClN3O2. The Labute approximate surface area is 131 Å². The summed E-state index contributed by atoms with van der Waals surface area (Å²) >= 11 is 0. The first-order chi connectivity index (χ1) is 9.75. The number of rotatable bonds is 6. The standard InChI is InChI=1S/C15H21N3O2.ClH/c19-14(11-13-7-4-8-16-13)17-9-10-18-15(20)12-5-2-1-3-6-12;/h1-3,5-6,13,16H,4,7-11H2,(H,17,19)(H,18,20);1H. The van der Waals surface area contributed by atoms with E-state index in [-0.39, 0.29) is 24.2 Å². The molecule has 1 unspecified atom stereocenters. The van der Waals surface area contributed by atoms with Gasteiger partial charge in [-0.25, -0.2) is 0 Å². The predicted molar refractivity (Wildman–Crippen MR) is 84.7 cm³/mol. The van der Waals surface area contributed by atoms with Gasteiger partial charge in [-0.15, -0.1) is 12.4 Å². The highest BCUT2D eigenvalue weighted by atomic mass is 35.5. The van der Waals surface area contributed by atoms with Gasteiger partial charge in [0.15, 0.2) is 0 Å². The topological polar surface area (TPSA) is 70.2 Å². The number of hydrogen-bond donors (Lipinski definition) is 3. The molecule has 0 aliphatic carbocycles. The van der Waals surface area contributed by atoms with Gasteiger partial charge in [0.1, 0.15) is 0 Å². The zero-order chi connectivity index (χ0) is 14.2. The van der Waals surface area contributed by atoms with Gasteiger partial charge in [0.25, 0.3) is 5.91 Å². The van der Waals surface area contributed by atoms with Crippen LogP contribution in [0.2, 0.25) is 0 Å². The molecule has 0 aromatic heterocycles. The Hall–Kier alpha value is -1.59. The second-order valence-corrected chi connectivity index (χ2v) is 4.97. The highest BCUT2D eigenvalue weighted by molar-refractivity contribution is 5.94. The molecule has 0 radical (unpaired) electrons. The summed E-state index contributed by atoms with van der Waals surface area (Å²) in [6.45, 7) is 1.91. The molecule has 0 saturated carbocycles. The monoisotopic (exact) mass is 311 g/mol. The summed E-state index contributed by atoms with van der Waals surface area (Å²) in [5.74, 6) is -0.0735. The van der Waals surface area contributed by atoms with Gasteiger partial charge >= 0.3 is 0 Å². The van der Waals surface area contributed by atoms with Crippen molar-refractivity contribution >= 4 is 24.2 Å². The van der Waals surface area contributed by atoms with Gasteiger partial charge < -0.3 is 16.0 Å². The van der Waals surface area contributed by atoms with Gasteiger partial charge in [-0.1, -0.05) is 18.2 Å². The molecule has 1 heterocycles. The van der Waals surface area contributed by atoms with Crippen LogP contribution in [0, 0.1) is 0 Å². The third kappa shape index (κ3) is 6.14. The summed E-state index contributed by atoms with van der Waals surface area (Å²) in [5, 5.41) is 8.89. The summed E-state index contributed by atoms with van der Waals surface area (Å²) in [4.78, 5) is 23.4. The molecule has 0 bridgehead atoms. The predicted octanol–water partition coefficient (Wildman–Crippen LogP) is 1.10. The molecule has 1 atom stereocenters. The van der Waals surface area contributed by atoms with E-state index >= 15 is 0 Å². The van der Waals surface area contributed by atoms with E-state index < -0.39 is 0 Å². The van der Waals surface area contributed by atoms with Gasteiger partial charge in [0.2, 0.25) is 5.91 Å². The van der Waals surface area contributed by atoms with Crippen LogP contribution in [0.15, 0.2) is 30.3 Å². The van der Waals surface area contributed by atoms with Crippen molar-refractivity contribution in [3.63, 3.8) is 0 Å². The van der Waals surface area contributed by atoms with Crippen molar-refractivity contribution in [1.29, 1.82) is 0 Å². The zero-order valence-corrected chi connectivity index (χ0v) is 12.7. The van der Waals surface area contributed by atoms with E-state index in [4.69, 9.17) is 0 Å². The van der Waals surface area contributed by atoms with E-state index in [1.54, 1.807) is 12.1 Å². The van der Waals surface area contributed by atoms with Crippen LogP contribution in [-0.2, 0) is 4.79 Å². The number of nitrogens with one attached hydrogen (secondary N) is 3. The molecule has 2 rings (SSSR count). The van der Waals surface area contributed by atoms with Crippen LogP contribution in [0.25, 0.3) is 0 Å². The molecule has 1 fully saturated rings. The molecule has 1 aliphatic heterocycles. The quantitative estimate of drug-likeness (QED) is 0.689.